The summed E-state index contributed by atoms with van der Waals surface area (Å²) in [5, 5.41) is 2.28. The Morgan fingerprint density at radius 2 is 1.23 bits per heavy atom. The molecule has 4 heteroatoms. The molecule has 0 aliphatic heterocycles. The monoisotopic (exact) mass is 336 g/mol. The molecular formula is C22H16N4. The number of pyridine rings is 2. The van der Waals surface area contributed by atoms with Gasteiger partial charge in [-0.05, 0) is 30.3 Å². The van der Waals surface area contributed by atoms with Crippen LogP contribution in [0, 0.1) is 0 Å². The molecule has 3 heterocycles. The van der Waals surface area contributed by atoms with Crippen LogP contribution < -0.4 is 0 Å². The van der Waals surface area contributed by atoms with Gasteiger partial charge < -0.3 is 0 Å². The topological polar surface area (TPSA) is 51.6 Å². The fourth-order valence-corrected chi connectivity index (χ4v) is 2.73. The lowest BCUT2D eigenvalue weighted by molar-refractivity contribution is 1.18. The molecule has 0 aliphatic carbocycles. The van der Waals surface area contributed by atoms with E-state index in [1.807, 2.05) is 60.8 Å². The van der Waals surface area contributed by atoms with E-state index in [2.05, 4.69) is 38.1 Å². The molecule has 0 bridgehead atoms. The molecule has 0 saturated heterocycles. The summed E-state index contributed by atoms with van der Waals surface area (Å²) in [4.78, 5) is 16.9. The minimum Gasteiger partial charge on any atom is -0.256 e. The molecule has 3 aromatic heterocycles. The molecule has 0 atom stereocenters. The van der Waals surface area contributed by atoms with E-state index in [4.69, 9.17) is 0 Å². The summed E-state index contributed by atoms with van der Waals surface area (Å²) in [5.41, 5.74) is 3.08. The summed E-state index contributed by atoms with van der Waals surface area (Å²) in [5.74, 6) is 0.776. The second-order valence-electron chi connectivity index (χ2n) is 5.65. The molecule has 0 amide bonds. The predicted molar refractivity (Wildman–Crippen MR) is 105 cm³/mol. The number of hydrogen-bond acceptors (Lipinski definition) is 4. The van der Waals surface area contributed by atoms with Crippen LogP contribution in [-0.2, 0) is 0 Å². The lowest BCUT2D eigenvalue weighted by Gasteiger charge is -2.00. The van der Waals surface area contributed by atoms with Gasteiger partial charge in [0.2, 0.25) is 0 Å². The van der Waals surface area contributed by atoms with Crippen LogP contribution in [0.15, 0.2) is 97.6 Å². The molecule has 4 nitrogen and oxygen atoms in total. The summed E-state index contributed by atoms with van der Waals surface area (Å²) in [6, 6.07) is 23.8. The standard InChI is InChI=1S/C12H8N2.C10H8N2/c1-3-9-5-6-11-10(4-2-7-13-11)12(9)14-8-1;1-2-5-9(6-3-1)10-11-7-4-8-12-10/h1-8H;1-8H. The summed E-state index contributed by atoms with van der Waals surface area (Å²) in [7, 11) is 0. The molecule has 5 aromatic rings. The third-order valence-corrected chi connectivity index (χ3v) is 3.95. The zero-order valence-electron chi connectivity index (χ0n) is 14.0. The highest BCUT2D eigenvalue weighted by Crippen LogP contribution is 2.21. The third-order valence-electron chi connectivity index (χ3n) is 3.95. The first-order valence-electron chi connectivity index (χ1n) is 8.33. The molecule has 0 spiro atoms. The molecule has 124 valence electrons. The maximum Gasteiger partial charge on any atom is 0.159 e. The van der Waals surface area contributed by atoms with E-state index in [-0.39, 0.29) is 0 Å². The molecule has 0 unspecified atom stereocenters. The van der Waals surface area contributed by atoms with Crippen LogP contribution in [0.1, 0.15) is 0 Å². The first-order chi connectivity index (χ1) is 12.9. The minimum absolute atomic E-state index is 0.776. The second kappa shape index (κ2) is 7.49. The van der Waals surface area contributed by atoms with Crippen LogP contribution in [0.4, 0.5) is 0 Å². The number of benzene rings is 2. The lowest BCUT2D eigenvalue weighted by Crippen LogP contribution is -1.84. The van der Waals surface area contributed by atoms with E-state index < -0.39 is 0 Å². The van der Waals surface area contributed by atoms with E-state index >= 15 is 0 Å². The largest absolute Gasteiger partial charge is 0.256 e. The average molecular weight is 336 g/mol. The van der Waals surface area contributed by atoms with Crippen molar-refractivity contribution in [2.24, 2.45) is 0 Å². The Morgan fingerprint density at radius 3 is 2.08 bits per heavy atom. The van der Waals surface area contributed by atoms with Crippen LogP contribution in [0.5, 0.6) is 0 Å². The fraction of sp³-hybridized carbons (Fsp3) is 0. The van der Waals surface area contributed by atoms with Crippen molar-refractivity contribution in [3.8, 4) is 11.4 Å². The smallest absolute Gasteiger partial charge is 0.159 e. The van der Waals surface area contributed by atoms with Crippen molar-refractivity contribution in [3.63, 3.8) is 0 Å². The van der Waals surface area contributed by atoms with E-state index in [0.717, 1.165) is 33.2 Å². The minimum atomic E-state index is 0.776. The van der Waals surface area contributed by atoms with Crippen molar-refractivity contribution in [3.05, 3.63) is 97.6 Å². The Hall–Kier alpha value is -3.66. The van der Waals surface area contributed by atoms with Crippen molar-refractivity contribution in [1.29, 1.82) is 0 Å². The first kappa shape index (κ1) is 15.8. The van der Waals surface area contributed by atoms with E-state index in [9.17, 15) is 0 Å². The van der Waals surface area contributed by atoms with Gasteiger partial charge in [-0.2, -0.15) is 0 Å². The summed E-state index contributed by atoms with van der Waals surface area (Å²) >= 11 is 0. The maximum atomic E-state index is 4.37. The van der Waals surface area contributed by atoms with Crippen LogP contribution in [0.2, 0.25) is 0 Å². The molecule has 26 heavy (non-hydrogen) atoms. The SMILES string of the molecule is c1ccc(-c2ncccn2)cc1.c1cnc2c(c1)ccc1ncccc12. The molecule has 5 rings (SSSR count). The van der Waals surface area contributed by atoms with Crippen molar-refractivity contribution >= 4 is 21.8 Å². The van der Waals surface area contributed by atoms with Crippen LogP contribution in [-0.4, -0.2) is 19.9 Å². The van der Waals surface area contributed by atoms with Gasteiger partial charge in [-0.3, -0.25) is 9.97 Å². The van der Waals surface area contributed by atoms with Crippen LogP contribution in [0.3, 0.4) is 0 Å². The number of nitrogens with zero attached hydrogens (tertiary/aromatic N) is 4. The summed E-state index contributed by atoms with van der Waals surface area (Å²) in [6.07, 6.45) is 7.11. The molecule has 0 N–H and O–H groups in total. The van der Waals surface area contributed by atoms with Gasteiger partial charge in [0.15, 0.2) is 5.82 Å². The predicted octanol–water partition coefficient (Wildman–Crippen LogP) is 4.93. The molecule has 2 aromatic carbocycles. The quantitative estimate of drug-likeness (QED) is 0.407. The van der Waals surface area contributed by atoms with Gasteiger partial charge in [-0.1, -0.05) is 42.5 Å². The average Bonchev–Trinajstić information content (AvgIpc) is 2.75. The highest BCUT2D eigenvalue weighted by atomic mass is 14.8. The number of hydrogen-bond donors (Lipinski definition) is 0. The van der Waals surface area contributed by atoms with Crippen molar-refractivity contribution < 1.29 is 0 Å². The third kappa shape index (κ3) is 3.39. The molecule has 0 radical (unpaired) electrons. The first-order valence-corrected chi connectivity index (χ1v) is 8.33. The van der Waals surface area contributed by atoms with Gasteiger partial charge in [-0.15, -0.1) is 0 Å². The van der Waals surface area contributed by atoms with Gasteiger partial charge in [0.05, 0.1) is 11.0 Å². The van der Waals surface area contributed by atoms with E-state index in [1.54, 1.807) is 18.6 Å². The van der Waals surface area contributed by atoms with Gasteiger partial charge in [-0.25, -0.2) is 9.97 Å². The van der Waals surface area contributed by atoms with Crippen LogP contribution >= 0.6 is 0 Å². The fourth-order valence-electron chi connectivity index (χ4n) is 2.73. The highest BCUT2D eigenvalue weighted by Gasteiger charge is 1.99. The number of fused-ring (bicyclic) bond motifs is 3. The van der Waals surface area contributed by atoms with Crippen molar-refractivity contribution in [2.75, 3.05) is 0 Å². The Labute approximate surface area is 151 Å². The lowest BCUT2D eigenvalue weighted by atomic mass is 10.1. The van der Waals surface area contributed by atoms with Gasteiger partial charge in [0.25, 0.3) is 0 Å². The molecule has 0 fully saturated rings. The second-order valence-corrected chi connectivity index (χ2v) is 5.65. The Balaban J connectivity index is 0.000000131. The Kier molecular flexibility index (Phi) is 4.56. The Bertz CT molecular complexity index is 1030. The summed E-state index contributed by atoms with van der Waals surface area (Å²) in [6.45, 7) is 0. The molecular weight excluding hydrogens is 320 g/mol. The summed E-state index contributed by atoms with van der Waals surface area (Å²) < 4.78 is 0. The normalized spacial score (nSPS) is 10.3. The van der Waals surface area contributed by atoms with E-state index in [0.29, 0.717) is 0 Å². The van der Waals surface area contributed by atoms with E-state index in [1.165, 1.54) is 0 Å². The zero-order valence-corrected chi connectivity index (χ0v) is 14.0. The number of rotatable bonds is 1. The highest BCUT2D eigenvalue weighted by molar-refractivity contribution is 6.03. The maximum absolute atomic E-state index is 4.37. The van der Waals surface area contributed by atoms with Crippen molar-refractivity contribution in [2.45, 2.75) is 0 Å². The van der Waals surface area contributed by atoms with Crippen LogP contribution in [0.25, 0.3) is 33.2 Å². The van der Waals surface area contributed by atoms with Gasteiger partial charge in [0, 0.05) is 41.1 Å². The number of aromatic nitrogens is 4. The van der Waals surface area contributed by atoms with Gasteiger partial charge >= 0.3 is 0 Å². The molecule has 0 saturated carbocycles. The van der Waals surface area contributed by atoms with Crippen molar-refractivity contribution in [1.82, 2.24) is 19.9 Å². The Morgan fingerprint density at radius 1 is 0.500 bits per heavy atom. The zero-order chi connectivity index (χ0) is 17.6. The van der Waals surface area contributed by atoms with Gasteiger partial charge in [0.1, 0.15) is 0 Å². The molecule has 0 aliphatic rings.